The molecule has 2 heterocycles. The van der Waals surface area contributed by atoms with E-state index < -0.39 is 0 Å². The molecule has 0 radical (unpaired) electrons. The fraction of sp³-hybridized carbons (Fsp3) is 0.565. The monoisotopic (exact) mass is 412 g/mol. The van der Waals surface area contributed by atoms with Gasteiger partial charge in [-0.2, -0.15) is 0 Å². The van der Waals surface area contributed by atoms with Crippen LogP contribution >= 0.6 is 0 Å². The summed E-state index contributed by atoms with van der Waals surface area (Å²) in [6.07, 6.45) is 8.62. The molecule has 0 unspecified atom stereocenters. The predicted octanol–water partition coefficient (Wildman–Crippen LogP) is 4.24. The number of carbonyl (C=O) groups is 1. The maximum Gasteiger partial charge on any atom is 0.321 e. The van der Waals surface area contributed by atoms with Gasteiger partial charge in [0, 0.05) is 37.8 Å². The first kappa shape index (κ1) is 19.5. The third kappa shape index (κ3) is 4.08. The molecule has 3 aliphatic rings. The third-order valence-corrected chi connectivity index (χ3v) is 6.93. The topological polar surface area (TPSA) is 59.4 Å². The minimum atomic E-state index is -0.307. The van der Waals surface area contributed by atoms with Crippen LogP contribution in [0, 0.1) is 30.5 Å². The number of likely N-dealkylation sites (tertiary alicyclic amines) is 1. The summed E-state index contributed by atoms with van der Waals surface area (Å²) in [7, 11) is 0. The summed E-state index contributed by atoms with van der Waals surface area (Å²) in [5.74, 6) is 2.35. The van der Waals surface area contributed by atoms with E-state index >= 15 is 0 Å². The average molecular weight is 413 g/mol. The summed E-state index contributed by atoms with van der Waals surface area (Å²) in [6, 6.07) is 6.07. The highest BCUT2D eigenvalue weighted by Crippen LogP contribution is 2.43. The number of rotatable bonds is 5. The van der Waals surface area contributed by atoms with Crippen molar-refractivity contribution in [3.63, 3.8) is 0 Å². The molecule has 1 aliphatic heterocycles. The molecule has 2 aliphatic carbocycles. The number of ether oxygens (including phenoxy) is 1. The van der Waals surface area contributed by atoms with E-state index in [0.717, 1.165) is 44.3 Å². The summed E-state index contributed by atoms with van der Waals surface area (Å²) < 4.78 is 21.8. The molecule has 3 fully saturated rings. The van der Waals surface area contributed by atoms with Crippen LogP contribution < -0.4 is 5.32 Å². The van der Waals surface area contributed by atoms with E-state index in [2.05, 4.69) is 21.1 Å². The Morgan fingerprint density at radius 2 is 1.93 bits per heavy atom. The summed E-state index contributed by atoms with van der Waals surface area (Å²) >= 11 is 0. The van der Waals surface area contributed by atoms with E-state index in [4.69, 9.17) is 4.74 Å². The van der Waals surface area contributed by atoms with Crippen LogP contribution in [0.25, 0.3) is 0 Å². The number of aryl methyl sites for hydroxylation is 1. The zero-order chi connectivity index (χ0) is 20.7. The number of imidazole rings is 1. The standard InChI is InChI=1S/C23H29FN4O2/c1-15-25-8-9-28(15)21-10-17-12-27(23(29)26-20-6-4-19(24)5-7-20)13-18(17)11-22(21)30-14-16-2-3-16/h4-9,16-18,21-22H,2-3,10-14H2,1H3,(H,26,29)/t17-,18+,21-,22-/m0/s1. The van der Waals surface area contributed by atoms with Gasteiger partial charge >= 0.3 is 6.03 Å². The number of anilines is 1. The van der Waals surface area contributed by atoms with Crippen LogP contribution in [-0.4, -0.2) is 46.3 Å². The molecule has 30 heavy (non-hydrogen) atoms. The summed E-state index contributed by atoms with van der Waals surface area (Å²) in [4.78, 5) is 19.1. The molecule has 1 aromatic heterocycles. The number of carbonyl (C=O) groups excluding carboxylic acids is 1. The van der Waals surface area contributed by atoms with Crippen molar-refractivity contribution >= 4 is 11.7 Å². The second-order valence-corrected chi connectivity index (χ2v) is 9.10. The van der Waals surface area contributed by atoms with Crippen molar-refractivity contribution < 1.29 is 13.9 Å². The van der Waals surface area contributed by atoms with Crippen LogP contribution in [0.15, 0.2) is 36.7 Å². The molecule has 6 nitrogen and oxygen atoms in total. The Kier molecular flexibility index (Phi) is 5.23. The number of fused-ring (bicyclic) bond motifs is 1. The number of aromatic nitrogens is 2. The molecular formula is C23H29FN4O2. The third-order valence-electron chi connectivity index (χ3n) is 6.93. The quantitative estimate of drug-likeness (QED) is 0.799. The van der Waals surface area contributed by atoms with Crippen molar-refractivity contribution in [3.8, 4) is 0 Å². The summed E-state index contributed by atoms with van der Waals surface area (Å²) in [5, 5.41) is 2.90. The van der Waals surface area contributed by atoms with Gasteiger partial charge in [0.05, 0.1) is 12.1 Å². The van der Waals surface area contributed by atoms with Gasteiger partial charge in [-0.1, -0.05) is 0 Å². The van der Waals surface area contributed by atoms with Gasteiger partial charge in [-0.3, -0.25) is 0 Å². The van der Waals surface area contributed by atoms with Crippen LogP contribution in [0.5, 0.6) is 0 Å². The minimum absolute atomic E-state index is 0.109. The Hall–Kier alpha value is -2.41. The van der Waals surface area contributed by atoms with Gasteiger partial charge < -0.3 is 19.5 Å². The van der Waals surface area contributed by atoms with Crippen molar-refractivity contribution in [2.45, 2.75) is 44.8 Å². The predicted molar refractivity (Wildman–Crippen MR) is 112 cm³/mol. The second-order valence-electron chi connectivity index (χ2n) is 9.10. The highest BCUT2D eigenvalue weighted by Gasteiger charge is 2.45. The first-order valence-electron chi connectivity index (χ1n) is 11.0. The molecule has 7 heteroatoms. The molecule has 0 bridgehead atoms. The minimum Gasteiger partial charge on any atom is -0.376 e. The lowest BCUT2D eigenvalue weighted by Gasteiger charge is -2.39. The van der Waals surface area contributed by atoms with Crippen LogP contribution in [0.1, 0.15) is 37.5 Å². The van der Waals surface area contributed by atoms with E-state index in [1.165, 1.54) is 25.0 Å². The maximum absolute atomic E-state index is 13.1. The number of benzene rings is 1. The fourth-order valence-electron chi connectivity index (χ4n) is 5.05. The lowest BCUT2D eigenvalue weighted by atomic mass is 9.77. The lowest BCUT2D eigenvalue weighted by molar-refractivity contribution is -0.0343. The van der Waals surface area contributed by atoms with Crippen LogP contribution in [0.4, 0.5) is 14.9 Å². The second kappa shape index (κ2) is 8.02. The fourth-order valence-corrected chi connectivity index (χ4v) is 5.05. The molecular weight excluding hydrogens is 383 g/mol. The van der Waals surface area contributed by atoms with Gasteiger partial charge in [0.1, 0.15) is 11.6 Å². The SMILES string of the molecule is Cc1nccn1[C@H]1C[C@H]2CN(C(=O)Nc3ccc(F)cc3)C[C@H]2C[C@@H]1OCC1CC1. The first-order chi connectivity index (χ1) is 14.6. The largest absolute Gasteiger partial charge is 0.376 e. The highest BCUT2D eigenvalue weighted by molar-refractivity contribution is 5.89. The normalized spacial score (nSPS) is 28.4. The Morgan fingerprint density at radius 1 is 1.20 bits per heavy atom. The molecule has 1 saturated heterocycles. The lowest BCUT2D eigenvalue weighted by Crippen LogP contribution is -2.38. The van der Waals surface area contributed by atoms with Crippen molar-refractivity contribution in [3.05, 3.63) is 48.3 Å². The van der Waals surface area contributed by atoms with Crippen molar-refractivity contribution in [2.75, 3.05) is 25.0 Å². The molecule has 2 amide bonds. The van der Waals surface area contributed by atoms with Crippen molar-refractivity contribution in [1.82, 2.24) is 14.5 Å². The molecule has 2 saturated carbocycles. The molecule has 5 rings (SSSR count). The molecule has 1 aromatic carbocycles. The van der Waals surface area contributed by atoms with Gasteiger partial charge in [0.15, 0.2) is 0 Å². The van der Waals surface area contributed by atoms with E-state index in [9.17, 15) is 9.18 Å². The van der Waals surface area contributed by atoms with E-state index in [0.29, 0.717) is 17.5 Å². The Balaban J connectivity index is 1.27. The number of halogens is 1. The van der Waals surface area contributed by atoms with Crippen LogP contribution in [-0.2, 0) is 4.74 Å². The smallest absolute Gasteiger partial charge is 0.321 e. The van der Waals surface area contributed by atoms with E-state index in [1.54, 1.807) is 12.1 Å². The van der Waals surface area contributed by atoms with Gasteiger partial charge in [0.25, 0.3) is 0 Å². The average Bonchev–Trinajstić information content (AvgIpc) is 3.32. The van der Waals surface area contributed by atoms with E-state index in [1.807, 2.05) is 18.0 Å². The molecule has 1 N–H and O–H groups in total. The number of hydrogen-bond donors (Lipinski definition) is 1. The van der Waals surface area contributed by atoms with Gasteiger partial charge in [-0.25, -0.2) is 14.2 Å². The Labute approximate surface area is 176 Å². The Morgan fingerprint density at radius 3 is 2.60 bits per heavy atom. The highest BCUT2D eigenvalue weighted by atomic mass is 19.1. The van der Waals surface area contributed by atoms with Crippen LogP contribution in [0.2, 0.25) is 0 Å². The van der Waals surface area contributed by atoms with Gasteiger partial charge in [0.2, 0.25) is 0 Å². The number of nitrogens with one attached hydrogen (secondary N) is 1. The van der Waals surface area contributed by atoms with Gasteiger partial charge in [-0.05, 0) is 74.6 Å². The zero-order valence-corrected chi connectivity index (χ0v) is 17.3. The van der Waals surface area contributed by atoms with Crippen molar-refractivity contribution in [1.29, 1.82) is 0 Å². The van der Waals surface area contributed by atoms with Crippen LogP contribution in [0.3, 0.4) is 0 Å². The maximum atomic E-state index is 13.1. The van der Waals surface area contributed by atoms with Gasteiger partial charge in [-0.15, -0.1) is 0 Å². The molecule has 0 spiro atoms. The summed E-state index contributed by atoms with van der Waals surface area (Å²) in [5.41, 5.74) is 0.619. The molecule has 4 atom stereocenters. The number of urea groups is 1. The molecule has 160 valence electrons. The number of hydrogen-bond acceptors (Lipinski definition) is 3. The first-order valence-corrected chi connectivity index (χ1v) is 11.0. The molecule has 2 aromatic rings. The number of amides is 2. The van der Waals surface area contributed by atoms with E-state index in [-0.39, 0.29) is 24.0 Å². The Bertz CT molecular complexity index is 895. The zero-order valence-electron chi connectivity index (χ0n) is 17.3. The summed E-state index contributed by atoms with van der Waals surface area (Å²) in [6.45, 7) is 4.39. The number of nitrogens with zero attached hydrogens (tertiary/aromatic N) is 3. The van der Waals surface area contributed by atoms with Crippen molar-refractivity contribution in [2.24, 2.45) is 17.8 Å².